The lowest BCUT2D eigenvalue weighted by Gasteiger charge is -2.24. The molecule has 0 saturated carbocycles. The normalized spacial score (nSPS) is 18.4. The van der Waals surface area contributed by atoms with Gasteiger partial charge in [-0.3, -0.25) is 9.69 Å². The molecule has 0 radical (unpaired) electrons. The third kappa shape index (κ3) is 8.06. The predicted octanol–water partition coefficient (Wildman–Crippen LogP) is 4.44. The lowest BCUT2D eigenvalue weighted by molar-refractivity contribution is 0.0696. The molecule has 190 valence electrons. The SMILES string of the molecule is CC(C)CCN1CCOCCOc2ccc(C(=O)NC3CCOCC3)cc2Cc2cccc(c2)C1. The van der Waals surface area contributed by atoms with Crippen molar-refractivity contribution < 1.29 is 19.0 Å². The summed E-state index contributed by atoms with van der Waals surface area (Å²) in [5.74, 6) is 1.47. The van der Waals surface area contributed by atoms with Crippen molar-refractivity contribution in [3.63, 3.8) is 0 Å². The highest BCUT2D eigenvalue weighted by Gasteiger charge is 2.18. The van der Waals surface area contributed by atoms with Crippen molar-refractivity contribution in [3.05, 3.63) is 64.7 Å². The van der Waals surface area contributed by atoms with Crippen LogP contribution >= 0.6 is 0 Å². The maximum atomic E-state index is 13.0. The smallest absolute Gasteiger partial charge is 0.251 e. The topological polar surface area (TPSA) is 60.0 Å². The van der Waals surface area contributed by atoms with Gasteiger partial charge >= 0.3 is 0 Å². The number of hydrogen-bond donors (Lipinski definition) is 1. The van der Waals surface area contributed by atoms with Crippen LogP contribution in [0.5, 0.6) is 5.75 Å². The first kappa shape index (κ1) is 25.7. The second kappa shape index (κ2) is 13.1. The first-order valence-corrected chi connectivity index (χ1v) is 13.1. The van der Waals surface area contributed by atoms with Crippen LogP contribution in [0.15, 0.2) is 42.5 Å². The molecule has 1 amide bonds. The van der Waals surface area contributed by atoms with E-state index >= 15 is 0 Å². The van der Waals surface area contributed by atoms with Gasteiger partial charge in [0.25, 0.3) is 5.91 Å². The molecule has 2 bridgehead atoms. The van der Waals surface area contributed by atoms with Gasteiger partial charge in [-0.15, -0.1) is 0 Å². The van der Waals surface area contributed by atoms with Crippen molar-refractivity contribution in [3.8, 4) is 5.75 Å². The van der Waals surface area contributed by atoms with Crippen molar-refractivity contribution in [2.75, 3.05) is 46.1 Å². The van der Waals surface area contributed by atoms with E-state index in [-0.39, 0.29) is 11.9 Å². The fourth-order valence-electron chi connectivity index (χ4n) is 4.64. The Balaban J connectivity index is 1.53. The van der Waals surface area contributed by atoms with Crippen LogP contribution in [0.4, 0.5) is 0 Å². The van der Waals surface area contributed by atoms with Crippen LogP contribution in [0.2, 0.25) is 0 Å². The van der Waals surface area contributed by atoms with E-state index in [1.165, 1.54) is 17.5 Å². The zero-order valence-electron chi connectivity index (χ0n) is 21.3. The van der Waals surface area contributed by atoms with Crippen LogP contribution in [0.3, 0.4) is 0 Å². The zero-order chi connectivity index (χ0) is 24.5. The van der Waals surface area contributed by atoms with Crippen LogP contribution in [-0.2, 0) is 22.4 Å². The summed E-state index contributed by atoms with van der Waals surface area (Å²) in [4.78, 5) is 15.4. The second-order valence-electron chi connectivity index (χ2n) is 10.1. The van der Waals surface area contributed by atoms with Crippen LogP contribution in [0.1, 0.15) is 60.2 Å². The van der Waals surface area contributed by atoms with E-state index in [0.717, 1.165) is 43.8 Å². The van der Waals surface area contributed by atoms with E-state index in [4.69, 9.17) is 14.2 Å². The number of amides is 1. The molecule has 2 aromatic rings. The molecule has 6 heteroatoms. The summed E-state index contributed by atoms with van der Waals surface area (Å²) in [5, 5.41) is 3.17. The Bertz CT molecular complexity index is 955. The zero-order valence-corrected chi connectivity index (χ0v) is 21.3. The second-order valence-corrected chi connectivity index (χ2v) is 10.1. The number of nitrogens with one attached hydrogen (secondary N) is 1. The molecule has 2 aliphatic rings. The van der Waals surface area contributed by atoms with Crippen LogP contribution in [-0.4, -0.2) is 63.0 Å². The number of ether oxygens (including phenoxy) is 3. The van der Waals surface area contributed by atoms with Gasteiger partial charge in [-0.2, -0.15) is 0 Å². The van der Waals surface area contributed by atoms with Gasteiger partial charge in [0, 0.05) is 44.3 Å². The number of benzene rings is 2. The molecule has 1 saturated heterocycles. The minimum absolute atomic E-state index is 0.0306. The van der Waals surface area contributed by atoms with Crippen molar-refractivity contribution in [1.82, 2.24) is 10.2 Å². The lowest BCUT2D eigenvalue weighted by atomic mass is 9.99. The molecule has 0 unspecified atom stereocenters. The third-order valence-corrected chi connectivity index (χ3v) is 6.73. The first-order chi connectivity index (χ1) is 17.1. The molecule has 2 aliphatic heterocycles. The Kier molecular flexibility index (Phi) is 9.57. The van der Waals surface area contributed by atoms with E-state index in [9.17, 15) is 4.79 Å². The number of carbonyl (C=O) groups is 1. The molecule has 0 atom stereocenters. The number of hydrogen-bond acceptors (Lipinski definition) is 5. The quantitative estimate of drug-likeness (QED) is 0.686. The average Bonchev–Trinajstić information content (AvgIpc) is 2.85. The summed E-state index contributed by atoms with van der Waals surface area (Å²) >= 11 is 0. The standard InChI is InChI=1S/C29H40N2O4/c1-22(2)8-11-31-12-15-34-16-17-35-28-7-6-25(29(32)30-27-9-13-33-14-10-27)20-26(28)19-23-4-3-5-24(18-23)21-31/h3-7,18,20,22,27H,8-17,19,21H2,1-2H3,(H,30,32). The molecule has 1 N–H and O–H groups in total. The summed E-state index contributed by atoms with van der Waals surface area (Å²) in [5.41, 5.74) is 4.23. The fraction of sp³-hybridized carbons (Fsp3) is 0.552. The predicted molar refractivity (Wildman–Crippen MR) is 138 cm³/mol. The summed E-state index contributed by atoms with van der Waals surface area (Å²) < 4.78 is 17.4. The van der Waals surface area contributed by atoms with E-state index in [0.29, 0.717) is 50.9 Å². The fourth-order valence-corrected chi connectivity index (χ4v) is 4.64. The van der Waals surface area contributed by atoms with Crippen LogP contribution < -0.4 is 10.1 Å². The molecule has 6 nitrogen and oxygen atoms in total. The molecule has 2 aromatic carbocycles. The van der Waals surface area contributed by atoms with Crippen LogP contribution in [0, 0.1) is 5.92 Å². The monoisotopic (exact) mass is 480 g/mol. The van der Waals surface area contributed by atoms with E-state index in [1.54, 1.807) is 0 Å². The Labute approximate surface area is 209 Å². The Morgan fingerprint density at radius 1 is 1.00 bits per heavy atom. The minimum atomic E-state index is -0.0306. The molecule has 2 heterocycles. The summed E-state index contributed by atoms with van der Waals surface area (Å²) in [6.07, 6.45) is 3.62. The van der Waals surface area contributed by atoms with Gasteiger partial charge in [0.2, 0.25) is 0 Å². The maximum absolute atomic E-state index is 13.0. The van der Waals surface area contributed by atoms with Crippen molar-refractivity contribution >= 4 is 5.91 Å². The lowest BCUT2D eigenvalue weighted by Crippen LogP contribution is -2.38. The van der Waals surface area contributed by atoms with Crippen molar-refractivity contribution in [2.45, 2.75) is 52.1 Å². The largest absolute Gasteiger partial charge is 0.491 e. The molecular formula is C29H40N2O4. The van der Waals surface area contributed by atoms with Crippen molar-refractivity contribution in [1.29, 1.82) is 0 Å². The van der Waals surface area contributed by atoms with Gasteiger partial charge in [0.05, 0.1) is 13.2 Å². The van der Waals surface area contributed by atoms with Gasteiger partial charge < -0.3 is 19.5 Å². The number of rotatable bonds is 5. The van der Waals surface area contributed by atoms with Crippen LogP contribution in [0.25, 0.3) is 0 Å². The highest BCUT2D eigenvalue weighted by molar-refractivity contribution is 5.94. The van der Waals surface area contributed by atoms with Crippen molar-refractivity contribution in [2.24, 2.45) is 5.92 Å². The van der Waals surface area contributed by atoms with E-state index < -0.39 is 0 Å². The maximum Gasteiger partial charge on any atom is 0.251 e. The average molecular weight is 481 g/mol. The molecule has 35 heavy (non-hydrogen) atoms. The number of carbonyl (C=O) groups excluding carboxylic acids is 1. The minimum Gasteiger partial charge on any atom is -0.491 e. The molecule has 1 fully saturated rings. The van der Waals surface area contributed by atoms with Gasteiger partial charge in [-0.05, 0) is 66.6 Å². The highest BCUT2D eigenvalue weighted by Crippen LogP contribution is 2.25. The highest BCUT2D eigenvalue weighted by atomic mass is 16.5. The first-order valence-electron chi connectivity index (χ1n) is 13.1. The third-order valence-electron chi connectivity index (χ3n) is 6.73. The number of nitrogens with zero attached hydrogens (tertiary/aromatic N) is 1. The summed E-state index contributed by atoms with van der Waals surface area (Å²) in [6, 6.07) is 14.7. The van der Waals surface area contributed by atoms with Gasteiger partial charge in [0.15, 0.2) is 0 Å². The van der Waals surface area contributed by atoms with E-state index in [1.807, 2.05) is 18.2 Å². The summed E-state index contributed by atoms with van der Waals surface area (Å²) in [7, 11) is 0. The van der Waals surface area contributed by atoms with E-state index in [2.05, 4.69) is 48.3 Å². The van der Waals surface area contributed by atoms with Gasteiger partial charge in [-0.25, -0.2) is 0 Å². The number of fused-ring (bicyclic) bond motifs is 3. The van der Waals surface area contributed by atoms with Gasteiger partial charge in [-0.1, -0.05) is 38.1 Å². The van der Waals surface area contributed by atoms with Gasteiger partial charge in [0.1, 0.15) is 12.4 Å². The Morgan fingerprint density at radius 3 is 2.63 bits per heavy atom. The molecule has 0 spiro atoms. The molecule has 0 aliphatic carbocycles. The summed E-state index contributed by atoms with van der Waals surface area (Å²) in [6.45, 7) is 10.6. The molecule has 4 rings (SSSR count). The Morgan fingerprint density at radius 2 is 1.80 bits per heavy atom. The Hall–Kier alpha value is -2.41. The molecule has 0 aromatic heterocycles. The molecular weight excluding hydrogens is 440 g/mol.